The second kappa shape index (κ2) is 5.99. The summed E-state index contributed by atoms with van der Waals surface area (Å²) in [6.07, 6.45) is 0. The zero-order chi connectivity index (χ0) is 15.8. The van der Waals surface area contributed by atoms with E-state index in [2.05, 4.69) is 15.9 Å². The maximum Gasteiger partial charge on any atom is 0.350 e. The molecule has 0 saturated carbocycles. The summed E-state index contributed by atoms with van der Waals surface area (Å²) >= 11 is 10.7. The fraction of sp³-hybridized carbons (Fsp3) is 0.267. The van der Waals surface area contributed by atoms with Gasteiger partial charge < -0.3 is 10.5 Å². The van der Waals surface area contributed by atoms with Gasteiger partial charge in [-0.1, -0.05) is 27.5 Å². The standard InChI is InChI=1S/C15H15BrClNO2S/c1-15(2,3)20-14(19)13-11(18)7-12(21-13)8-4-9(16)6-10(17)5-8/h4-7H,18H2,1-3H3. The number of ether oxygens (including phenoxy) is 1. The highest BCUT2D eigenvalue weighted by Crippen LogP contribution is 2.36. The van der Waals surface area contributed by atoms with Gasteiger partial charge in [-0.25, -0.2) is 4.79 Å². The molecular weight excluding hydrogens is 374 g/mol. The molecule has 0 unspecified atom stereocenters. The number of anilines is 1. The lowest BCUT2D eigenvalue weighted by Gasteiger charge is -2.18. The Kier molecular flexibility index (Phi) is 4.66. The van der Waals surface area contributed by atoms with Crippen LogP contribution >= 0.6 is 38.9 Å². The van der Waals surface area contributed by atoms with E-state index in [9.17, 15) is 4.79 Å². The Morgan fingerprint density at radius 2 is 1.95 bits per heavy atom. The highest BCUT2D eigenvalue weighted by Gasteiger charge is 2.22. The number of thiophene rings is 1. The lowest BCUT2D eigenvalue weighted by atomic mass is 10.2. The van der Waals surface area contributed by atoms with Gasteiger partial charge in [0.2, 0.25) is 0 Å². The van der Waals surface area contributed by atoms with E-state index in [4.69, 9.17) is 22.1 Å². The first kappa shape index (κ1) is 16.3. The Morgan fingerprint density at radius 1 is 1.29 bits per heavy atom. The van der Waals surface area contributed by atoms with Crippen LogP contribution in [0.4, 0.5) is 5.69 Å². The molecular formula is C15H15BrClNO2S. The quantitative estimate of drug-likeness (QED) is 0.704. The third kappa shape index (κ3) is 4.22. The van der Waals surface area contributed by atoms with Gasteiger partial charge in [0, 0.05) is 14.4 Å². The van der Waals surface area contributed by atoms with Crippen LogP contribution in [0.2, 0.25) is 5.02 Å². The summed E-state index contributed by atoms with van der Waals surface area (Å²) in [4.78, 5) is 13.4. The lowest BCUT2D eigenvalue weighted by molar-refractivity contribution is 0.00764. The number of nitrogens with two attached hydrogens (primary N) is 1. The molecule has 1 aromatic heterocycles. The maximum absolute atomic E-state index is 12.1. The molecule has 0 fully saturated rings. The van der Waals surface area contributed by atoms with Crippen molar-refractivity contribution in [3.05, 3.63) is 38.6 Å². The Balaban J connectivity index is 2.37. The summed E-state index contributed by atoms with van der Waals surface area (Å²) < 4.78 is 6.23. The molecule has 1 heterocycles. The summed E-state index contributed by atoms with van der Waals surface area (Å²) in [6, 6.07) is 7.32. The molecule has 0 saturated heterocycles. The second-order valence-corrected chi connectivity index (χ2v) is 7.96. The van der Waals surface area contributed by atoms with Crippen LogP contribution in [0.15, 0.2) is 28.7 Å². The zero-order valence-electron chi connectivity index (χ0n) is 11.9. The number of halogens is 2. The molecule has 3 nitrogen and oxygen atoms in total. The van der Waals surface area contributed by atoms with Crippen molar-refractivity contribution in [3.63, 3.8) is 0 Å². The van der Waals surface area contributed by atoms with E-state index in [1.54, 1.807) is 12.1 Å². The number of carbonyl (C=O) groups is 1. The zero-order valence-corrected chi connectivity index (χ0v) is 15.0. The molecule has 112 valence electrons. The average molecular weight is 389 g/mol. The van der Waals surface area contributed by atoms with Crippen molar-refractivity contribution in [2.45, 2.75) is 26.4 Å². The molecule has 6 heteroatoms. The molecule has 1 aromatic carbocycles. The van der Waals surface area contributed by atoms with Gasteiger partial charge >= 0.3 is 5.97 Å². The van der Waals surface area contributed by atoms with Crippen molar-refractivity contribution in [2.75, 3.05) is 5.73 Å². The van der Waals surface area contributed by atoms with Crippen LogP contribution < -0.4 is 5.73 Å². The fourth-order valence-electron chi connectivity index (χ4n) is 1.73. The molecule has 0 bridgehead atoms. The summed E-state index contributed by atoms with van der Waals surface area (Å²) in [6.45, 7) is 5.47. The van der Waals surface area contributed by atoms with Crippen molar-refractivity contribution < 1.29 is 9.53 Å². The SMILES string of the molecule is CC(C)(C)OC(=O)c1sc(-c2cc(Cl)cc(Br)c2)cc1N. The summed E-state index contributed by atoms with van der Waals surface area (Å²) in [7, 11) is 0. The van der Waals surface area contributed by atoms with Crippen molar-refractivity contribution >= 4 is 50.5 Å². The van der Waals surface area contributed by atoms with Crippen molar-refractivity contribution in [1.82, 2.24) is 0 Å². The average Bonchev–Trinajstić information content (AvgIpc) is 2.68. The van der Waals surface area contributed by atoms with Crippen LogP contribution in [-0.2, 0) is 4.74 Å². The predicted octanol–water partition coefficient (Wildman–Crippen LogP) is 5.37. The largest absolute Gasteiger partial charge is 0.456 e. The molecule has 0 spiro atoms. The molecule has 2 rings (SSSR count). The number of carbonyl (C=O) groups excluding carboxylic acids is 1. The van der Waals surface area contributed by atoms with Gasteiger partial charge in [-0.2, -0.15) is 0 Å². The summed E-state index contributed by atoms with van der Waals surface area (Å²) in [5, 5.41) is 0.616. The minimum atomic E-state index is -0.549. The van der Waals surface area contributed by atoms with E-state index in [1.807, 2.05) is 32.9 Å². The highest BCUT2D eigenvalue weighted by molar-refractivity contribution is 9.10. The summed E-state index contributed by atoms with van der Waals surface area (Å²) in [5.74, 6) is -0.405. The first-order chi connectivity index (χ1) is 9.65. The van der Waals surface area contributed by atoms with E-state index in [0.717, 1.165) is 14.9 Å². The molecule has 0 aliphatic rings. The van der Waals surface area contributed by atoms with Gasteiger partial charge in [-0.05, 0) is 50.6 Å². The van der Waals surface area contributed by atoms with Crippen LogP contribution in [0.3, 0.4) is 0 Å². The van der Waals surface area contributed by atoms with Crippen molar-refractivity contribution in [1.29, 1.82) is 0 Å². The van der Waals surface area contributed by atoms with Crippen LogP contribution in [0.5, 0.6) is 0 Å². The van der Waals surface area contributed by atoms with Gasteiger partial charge in [0.1, 0.15) is 10.5 Å². The normalized spacial score (nSPS) is 11.5. The van der Waals surface area contributed by atoms with Crippen LogP contribution in [0.25, 0.3) is 10.4 Å². The molecule has 0 aliphatic heterocycles. The Bertz CT molecular complexity index is 671. The van der Waals surface area contributed by atoms with Crippen molar-refractivity contribution in [2.24, 2.45) is 0 Å². The van der Waals surface area contributed by atoms with Gasteiger partial charge in [-0.3, -0.25) is 0 Å². The molecule has 0 radical (unpaired) electrons. The van der Waals surface area contributed by atoms with Gasteiger partial charge in [0.25, 0.3) is 0 Å². The van der Waals surface area contributed by atoms with E-state index in [-0.39, 0.29) is 0 Å². The van der Waals surface area contributed by atoms with E-state index < -0.39 is 11.6 Å². The number of esters is 1. The van der Waals surface area contributed by atoms with Gasteiger partial charge in [0.15, 0.2) is 0 Å². The topological polar surface area (TPSA) is 52.3 Å². The first-order valence-electron chi connectivity index (χ1n) is 6.25. The number of rotatable bonds is 2. The second-order valence-electron chi connectivity index (χ2n) is 5.56. The van der Waals surface area contributed by atoms with Crippen LogP contribution in [0, 0.1) is 0 Å². The van der Waals surface area contributed by atoms with Crippen LogP contribution in [0.1, 0.15) is 30.4 Å². The molecule has 2 aromatic rings. The minimum Gasteiger partial charge on any atom is -0.456 e. The smallest absolute Gasteiger partial charge is 0.350 e. The maximum atomic E-state index is 12.1. The monoisotopic (exact) mass is 387 g/mol. The number of hydrogen-bond donors (Lipinski definition) is 1. The molecule has 2 N–H and O–H groups in total. The highest BCUT2D eigenvalue weighted by atomic mass is 79.9. The third-order valence-electron chi connectivity index (χ3n) is 2.49. The Labute approximate surface area is 141 Å². The minimum absolute atomic E-state index is 0.405. The summed E-state index contributed by atoms with van der Waals surface area (Å²) in [5.41, 5.74) is 6.71. The van der Waals surface area contributed by atoms with E-state index in [0.29, 0.717) is 15.6 Å². The Hall–Kier alpha value is -1.04. The third-order valence-corrected chi connectivity index (χ3v) is 4.35. The molecule has 21 heavy (non-hydrogen) atoms. The number of benzene rings is 1. The number of nitrogen functional groups attached to an aromatic ring is 1. The molecule has 0 aliphatic carbocycles. The lowest BCUT2D eigenvalue weighted by Crippen LogP contribution is -2.23. The van der Waals surface area contributed by atoms with Crippen molar-refractivity contribution in [3.8, 4) is 10.4 Å². The van der Waals surface area contributed by atoms with E-state index >= 15 is 0 Å². The predicted molar refractivity (Wildman–Crippen MR) is 92.0 cm³/mol. The van der Waals surface area contributed by atoms with Gasteiger partial charge in [-0.15, -0.1) is 11.3 Å². The number of hydrogen-bond acceptors (Lipinski definition) is 4. The fourth-order valence-corrected chi connectivity index (χ4v) is 3.53. The van der Waals surface area contributed by atoms with Crippen LogP contribution in [-0.4, -0.2) is 11.6 Å². The van der Waals surface area contributed by atoms with E-state index in [1.165, 1.54) is 11.3 Å². The molecule has 0 atom stereocenters. The molecule has 0 amide bonds. The Morgan fingerprint density at radius 3 is 2.52 bits per heavy atom. The first-order valence-corrected chi connectivity index (χ1v) is 8.23. The van der Waals surface area contributed by atoms with Gasteiger partial charge in [0.05, 0.1) is 5.69 Å².